The quantitative estimate of drug-likeness (QED) is 0.810. The summed E-state index contributed by atoms with van der Waals surface area (Å²) >= 11 is 4.99. The summed E-state index contributed by atoms with van der Waals surface area (Å²) in [5.41, 5.74) is 2.38. The van der Waals surface area contributed by atoms with Gasteiger partial charge in [-0.15, -0.1) is 11.3 Å². The van der Waals surface area contributed by atoms with Crippen LogP contribution < -0.4 is 0 Å². The molecule has 0 bridgehead atoms. The lowest BCUT2D eigenvalue weighted by Gasteiger charge is -2.03. The van der Waals surface area contributed by atoms with Crippen LogP contribution in [0.1, 0.15) is 33.8 Å². The van der Waals surface area contributed by atoms with Crippen LogP contribution in [0.15, 0.2) is 9.85 Å². The molecule has 2 aromatic rings. The fraction of sp³-hybridized carbons (Fsp3) is 0.417. The topological polar surface area (TPSA) is 47.8 Å². The molecule has 0 saturated carbocycles. The highest BCUT2D eigenvalue weighted by Crippen LogP contribution is 2.22. The van der Waals surface area contributed by atoms with Crippen molar-refractivity contribution in [1.29, 1.82) is 0 Å². The first kappa shape index (κ1) is 13.4. The largest absolute Gasteiger partial charge is 0.292 e. The first-order valence-corrected chi connectivity index (χ1v) is 7.37. The van der Waals surface area contributed by atoms with E-state index in [2.05, 4.69) is 26.0 Å². The second-order valence-corrected chi connectivity index (χ2v) is 5.87. The number of hydrogen-bond donors (Lipinski definition) is 0. The molecule has 0 amide bonds. The van der Waals surface area contributed by atoms with Gasteiger partial charge in [0.15, 0.2) is 5.78 Å². The van der Waals surface area contributed by atoms with Crippen molar-refractivity contribution in [2.24, 2.45) is 0 Å². The van der Waals surface area contributed by atoms with Crippen LogP contribution in [0.25, 0.3) is 0 Å². The minimum absolute atomic E-state index is 0.0367. The maximum atomic E-state index is 12.1. The molecular weight excluding hydrogens is 314 g/mol. The van der Waals surface area contributed by atoms with Crippen molar-refractivity contribution < 1.29 is 4.79 Å². The standard InChI is InChI=1S/C12H14BrN3OS/c1-4-16-10(12(13)7(2)15-16)5-11(17)9-6-18-8(3)14-9/h6H,4-5H2,1-3H3. The Labute approximate surface area is 118 Å². The van der Waals surface area contributed by atoms with Crippen molar-refractivity contribution in [3.05, 3.63) is 31.9 Å². The van der Waals surface area contributed by atoms with E-state index in [0.29, 0.717) is 12.1 Å². The van der Waals surface area contributed by atoms with Crippen LogP contribution in [0.5, 0.6) is 0 Å². The second-order valence-electron chi connectivity index (χ2n) is 4.01. The molecule has 0 aliphatic rings. The van der Waals surface area contributed by atoms with Crippen LogP contribution in [0.4, 0.5) is 0 Å². The molecule has 0 saturated heterocycles. The SMILES string of the molecule is CCn1nc(C)c(Br)c1CC(=O)c1csc(C)n1. The van der Waals surface area contributed by atoms with Crippen LogP contribution in [0, 0.1) is 13.8 Å². The van der Waals surface area contributed by atoms with Crippen molar-refractivity contribution in [1.82, 2.24) is 14.8 Å². The minimum Gasteiger partial charge on any atom is -0.292 e. The van der Waals surface area contributed by atoms with Crippen molar-refractivity contribution in [2.45, 2.75) is 33.7 Å². The summed E-state index contributed by atoms with van der Waals surface area (Å²) in [7, 11) is 0. The molecule has 0 aliphatic carbocycles. The number of carbonyl (C=O) groups excluding carboxylic acids is 1. The van der Waals surface area contributed by atoms with Crippen LogP contribution in [0.3, 0.4) is 0 Å². The van der Waals surface area contributed by atoms with E-state index in [9.17, 15) is 4.79 Å². The van der Waals surface area contributed by atoms with Gasteiger partial charge in [0.25, 0.3) is 0 Å². The van der Waals surface area contributed by atoms with Gasteiger partial charge in [0.05, 0.1) is 27.3 Å². The molecular formula is C12H14BrN3OS. The number of halogens is 1. The number of hydrogen-bond acceptors (Lipinski definition) is 4. The van der Waals surface area contributed by atoms with E-state index in [1.165, 1.54) is 11.3 Å². The molecule has 0 aromatic carbocycles. The Morgan fingerprint density at radius 1 is 1.50 bits per heavy atom. The van der Waals surface area contributed by atoms with Gasteiger partial charge in [0.1, 0.15) is 5.69 Å². The number of rotatable bonds is 4. The lowest BCUT2D eigenvalue weighted by Crippen LogP contribution is -2.10. The summed E-state index contributed by atoms with van der Waals surface area (Å²) in [4.78, 5) is 16.4. The first-order valence-electron chi connectivity index (χ1n) is 5.70. The normalized spacial score (nSPS) is 10.9. The molecule has 18 heavy (non-hydrogen) atoms. The monoisotopic (exact) mass is 327 g/mol. The average Bonchev–Trinajstić information content (AvgIpc) is 2.88. The zero-order chi connectivity index (χ0) is 13.3. The Balaban J connectivity index is 2.26. The second kappa shape index (κ2) is 5.32. The third-order valence-corrected chi connectivity index (χ3v) is 4.49. The minimum atomic E-state index is 0.0367. The molecule has 4 nitrogen and oxygen atoms in total. The maximum Gasteiger partial charge on any atom is 0.188 e. The van der Waals surface area contributed by atoms with Gasteiger partial charge >= 0.3 is 0 Å². The lowest BCUT2D eigenvalue weighted by molar-refractivity contribution is 0.0986. The number of nitrogens with zero attached hydrogens (tertiary/aromatic N) is 3. The zero-order valence-electron chi connectivity index (χ0n) is 10.5. The fourth-order valence-corrected chi connectivity index (χ4v) is 2.81. The number of ketones is 1. The molecule has 96 valence electrons. The van der Waals surface area contributed by atoms with Gasteiger partial charge < -0.3 is 0 Å². The predicted octanol–water partition coefficient (Wildman–Crippen LogP) is 3.16. The highest BCUT2D eigenvalue weighted by Gasteiger charge is 2.18. The molecule has 0 aliphatic heterocycles. The number of carbonyl (C=O) groups is 1. The Kier molecular flexibility index (Phi) is 3.97. The van der Waals surface area contributed by atoms with Gasteiger partial charge in [-0.3, -0.25) is 9.48 Å². The summed E-state index contributed by atoms with van der Waals surface area (Å²) in [5, 5.41) is 7.11. The number of aromatic nitrogens is 3. The molecule has 2 aromatic heterocycles. The van der Waals surface area contributed by atoms with Crippen molar-refractivity contribution in [3.8, 4) is 0 Å². The molecule has 0 fully saturated rings. The van der Waals surface area contributed by atoms with E-state index in [1.807, 2.05) is 30.8 Å². The third kappa shape index (κ3) is 2.54. The van der Waals surface area contributed by atoms with Crippen molar-refractivity contribution in [3.63, 3.8) is 0 Å². The van der Waals surface area contributed by atoms with E-state index in [1.54, 1.807) is 0 Å². The molecule has 0 spiro atoms. The lowest BCUT2D eigenvalue weighted by atomic mass is 10.2. The molecule has 0 radical (unpaired) electrons. The van der Waals surface area contributed by atoms with Gasteiger partial charge in [-0.05, 0) is 36.7 Å². The van der Waals surface area contributed by atoms with Crippen LogP contribution in [0.2, 0.25) is 0 Å². The molecule has 2 heterocycles. The fourth-order valence-electron chi connectivity index (χ4n) is 1.77. The maximum absolute atomic E-state index is 12.1. The van der Waals surface area contributed by atoms with Gasteiger partial charge in [-0.2, -0.15) is 5.10 Å². The van der Waals surface area contributed by atoms with E-state index in [-0.39, 0.29) is 5.78 Å². The van der Waals surface area contributed by atoms with Gasteiger partial charge in [0, 0.05) is 11.9 Å². The van der Waals surface area contributed by atoms with Crippen LogP contribution >= 0.6 is 27.3 Å². The summed E-state index contributed by atoms with van der Waals surface area (Å²) < 4.78 is 2.78. The molecule has 0 unspecified atom stereocenters. The Morgan fingerprint density at radius 2 is 2.22 bits per heavy atom. The highest BCUT2D eigenvalue weighted by atomic mass is 79.9. The highest BCUT2D eigenvalue weighted by molar-refractivity contribution is 9.10. The summed E-state index contributed by atoms with van der Waals surface area (Å²) in [5.74, 6) is 0.0367. The summed E-state index contributed by atoms with van der Waals surface area (Å²) in [6.07, 6.45) is 0.332. The Bertz CT molecular complexity index is 588. The number of Topliss-reactive ketones (excluding diaryl/α,β-unsaturated/α-hetero) is 1. The Morgan fingerprint density at radius 3 is 2.78 bits per heavy atom. The molecule has 0 N–H and O–H groups in total. The molecule has 2 rings (SSSR count). The smallest absolute Gasteiger partial charge is 0.188 e. The van der Waals surface area contributed by atoms with Crippen molar-refractivity contribution in [2.75, 3.05) is 0 Å². The van der Waals surface area contributed by atoms with Crippen molar-refractivity contribution >= 4 is 33.0 Å². The zero-order valence-corrected chi connectivity index (χ0v) is 12.9. The average molecular weight is 328 g/mol. The Hall–Kier alpha value is -1.01. The van der Waals surface area contributed by atoms with E-state index >= 15 is 0 Å². The molecule has 6 heteroatoms. The van der Waals surface area contributed by atoms with E-state index < -0.39 is 0 Å². The van der Waals surface area contributed by atoms with E-state index in [4.69, 9.17) is 0 Å². The van der Waals surface area contributed by atoms with E-state index in [0.717, 1.165) is 27.4 Å². The van der Waals surface area contributed by atoms with Crippen LogP contribution in [-0.4, -0.2) is 20.5 Å². The summed E-state index contributed by atoms with van der Waals surface area (Å²) in [6, 6.07) is 0. The third-order valence-electron chi connectivity index (χ3n) is 2.69. The van der Waals surface area contributed by atoms with Gasteiger partial charge in [-0.1, -0.05) is 0 Å². The predicted molar refractivity (Wildman–Crippen MR) is 75.2 cm³/mol. The summed E-state index contributed by atoms with van der Waals surface area (Å²) in [6.45, 7) is 6.60. The van der Waals surface area contributed by atoms with Gasteiger partial charge in [-0.25, -0.2) is 4.98 Å². The number of thiazole rings is 1. The van der Waals surface area contributed by atoms with Gasteiger partial charge in [0.2, 0.25) is 0 Å². The molecule has 0 atom stereocenters. The number of aryl methyl sites for hydroxylation is 3. The first-order chi connectivity index (χ1) is 8.52. The van der Waals surface area contributed by atoms with Crippen LogP contribution in [-0.2, 0) is 13.0 Å².